The van der Waals surface area contributed by atoms with Crippen molar-refractivity contribution < 1.29 is 13.6 Å². The Hall–Kier alpha value is -0.570. The van der Waals surface area contributed by atoms with Gasteiger partial charge in [0.05, 0.1) is 6.61 Å². The van der Waals surface area contributed by atoms with Crippen LogP contribution < -0.4 is 0 Å². The maximum absolute atomic E-state index is 12.6. The third kappa shape index (κ3) is 6.68. The Balaban J connectivity index is 2.88. The largest absolute Gasteiger partial charge is 0.390 e. The van der Waals surface area contributed by atoms with Gasteiger partial charge in [-0.15, -0.1) is 0 Å². The van der Waals surface area contributed by atoms with Crippen LogP contribution >= 0.6 is 34.1 Å². The van der Waals surface area contributed by atoms with Crippen LogP contribution in [0, 0.1) is 11.3 Å². The van der Waals surface area contributed by atoms with Crippen molar-refractivity contribution in [3.63, 3.8) is 0 Å². The maximum atomic E-state index is 12.6. The van der Waals surface area contributed by atoms with Gasteiger partial charge in [0.15, 0.2) is 6.10 Å². The molecule has 0 spiro atoms. The minimum atomic E-state index is -3.34. The fourth-order valence-corrected chi connectivity index (χ4v) is 5.65. The predicted octanol–water partition coefficient (Wildman–Crippen LogP) is 5.62. The van der Waals surface area contributed by atoms with E-state index in [0.717, 1.165) is 23.4 Å². The van der Waals surface area contributed by atoms with E-state index in [1.807, 2.05) is 43.3 Å². The first-order valence-corrected chi connectivity index (χ1v) is 10.9. The number of halogens is 1. The minimum absolute atomic E-state index is 0.270. The van der Waals surface area contributed by atoms with E-state index in [1.54, 1.807) is 13.0 Å². The highest BCUT2D eigenvalue weighted by atomic mass is 79.9. The highest BCUT2D eigenvalue weighted by molar-refractivity contribution is 9.11. The Morgan fingerprint density at radius 1 is 1.45 bits per heavy atom. The first-order chi connectivity index (χ1) is 10.5. The van der Waals surface area contributed by atoms with Gasteiger partial charge in [0, 0.05) is 10.2 Å². The van der Waals surface area contributed by atoms with E-state index in [2.05, 4.69) is 15.9 Å². The molecule has 0 saturated heterocycles. The van der Waals surface area contributed by atoms with Gasteiger partial charge in [-0.25, -0.2) is 4.57 Å². The second-order valence-corrected chi connectivity index (χ2v) is 9.31. The van der Waals surface area contributed by atoms with Crippen LogP contribution in [0.1, 0.15) is 25.8 Å². The third-order valence-electron chi connectivity index (χ3n) is 2.45. The molecule has 120 valence electrons. The summed E-state index contributed by atoms with van der Waals surface area (Å²) in [7, 11) is 0. The molecule has 0 heterocycles. The Bertz CT molecular complexity index is 574. The second-order valence-electron chi connectivity index (χ2n) is 4.25. The van der Waals surface area contributed by atoms with Crippen LogP contribution in [-0.4, -0.2) is 18.5 Å². The highest BCUT2D eigenvalue weighted by Gasteiger charge is 2.30. The summed E-state index contributed by atoms with van der Waals surface area (Å²) in [6.45, 7) is 0.657. The van der Waals surface area contributed by atoms with Crippen LogP contribution in [0.2, 0.25) is 0 Å². The summed E-state index contributed by atoms with van der Waals surface area (Å²) in [6.07, 6.45) is 1.65. The molecule has 0 bridgehead atoms. The van der Waals surface area contributed by atoms with Gasteiger partial charge in [-0.3, -0.25) is 4.52 Å². The van der Waals surface area contributed by atoms with Crippen LogP contribution in [0.3, 0.4) is 0 Å². The lowest BCUT2D eigenvalue weighted by molar-refractivity contribution is 0.218. The molecule has 0 aliphatic rings. The van der Waals surface area contributed by atoms with E-state index in [1.165, 1.54) is 0 Å². The van der Waals surface area contributed by atoms with E-state index in [-0.39, 0.29) is 6.61 Å². The summed E-state index contributed by atoms with van der Waals surface area (Å²) in [5, 5.41) is 9.30. The molecule has 1 aromatic rings. The van der Waals surface area contributed by atoms with Gasteiger partial charge in [-0.1, -0.05) is 53.2 Å². The van der Waals surface area contributed by atoms with Crippen molar-refractivity contribution in [2.75, 3.05) is 12.4 Å². The number of hydrogen-bond acceptors (Lipinski definition) is 5. The van der Waals surface area contributed by atoms with E-state index < -0.39 is 12.9 Å². The summed E-state index contributed by atoms with van der Waals surface area (Å²) in [5.74, 6) is 0.648. The number of nitriles is 1. The fourth-order valence-electron chi connectivity index (χ4n) is 1.51. The lowest BCUT2D eigenvalue weighted by atomic mass is 10.2. The van der Waals surface area contributed by atoms with Crippen molar-refractivity contribution in [1.29, 1.82) is 5.26 Å². The molecule has 0 fully saturated rings. The van der Waals surface area contributed by atoms with E-state index in [9.17, 15) is 9.83 Å². The zero-order chi connectivity index (χ0) is 16.4. The number of hydrogen-bond donors (Lipinski definition) is 0. The number of rotatable bonds is 9. The molecule has 4 nitrogen and oxygen atoms in total. The van der Waals surface area contributed by atoms with Gasteiger partial charge in [-0.05, 0) is 36.4 Å². The van der Waals surface area contributed by atoms with E-state index in [4.69, 9.17) is 9.05 Å². The van der Waals surface area contributed by atoms with Crippen molar-refractivity contribution in [2.24, 2.45) is 0 Å². The summed E-state index contributed by atoms with van der Waals surface area (Å²) < 4.78 is 23.9. The summed E-state index contributed by atoms with van der Waals surface area (Å²) in [6, 6.07) is 11.5. The first kappa shape index (κ1) is 19.5. The highest BCUT2D eigenvalue weighted by Crippen LogP contribution is 2.62. The molecule has 0 aliphatic heterocycles. The van der Waals surface area contributed by atoms with Gasteiger partial charge >= 0.3 is 6.80 Å². The Labute approximate surface area is 144 Å². The van der Waals surface area contributed by atoms with Crippen LogP contribution in [0.4, 0.5) is 0 Å². The lowest BCUT2D eigenvalue weighted by Crippen LogP contribution is -2.09. The molecule has 0 N–H and O–H groups in total. The molecule has 1 aromatic carbocycles. The molecule has 0 aromatic heterocycles. The SMILES string of the molecule is CCCSP(=O)(OCC)OC(C#N)/C(Br)=C/c1ccccc1. The summed E-state index contributed by atoms with van der Waals surface area (Å²) in [5.41, 5.74) is 0.922. The van der Waals surface area contributed by atoms with Crippen molar-refractivity contribution in [3.8, 4) is 6.07 Å². The molecule has 0 amide bonds. The third-order valence-corrected chi connectivity index (χ3v) is 7.11. The maximum Gasteiger partial charge on any atom is 0.390 e. The van der Waals surface area contributed by atoms with E-state index in [0.29, 0.717) is 10.2 Å². The van der Waals surface area contributed by atoms with Crippen LogP contribution in [0.5, 0.6) is 0 Å². The molecule has 7 heteroatoms. The lowest BCUT2D eigenvalue weighted by Gasteiger charge is -2.19. The smallest absolute Gasteiger partial charge is 0.301 e. The quantitative estimate of drug-likeness (QED) is 0.500. The molecule has 2 atom stereocenters. The average molecular weight is 404 g/mol. The fraction of sp³-hybridized carbons (Fsp3) is 0.400. The molecule has 22 heavy (non-hydrogen) atoms. The van der Waals surface area contributed by atoms with Gasteiger partial charge in [-0.2, -0.15) is 5.26 Å². The molecule has 1 rings (SSSR count). The van der Waals surface area contributed by atoms with Gasteiger partial charge in [0.2, 0.25) is 0 Å². The van der Waals surface area contributed by atoms with Crippen molar-refractivity contribution in [3.05, 3.63) is 40.4 Å². The average Bonchev–Trinajstić information content (AvgIpc) is 2.52. The van der Waals surface area contributed by atoms with Crippen molar-refractivity contribution >= 4 is 40.2 Å². The Morgan fingerprint density at radius 2 is 2.14 bits per heavy atom. The number of nitrogens with zero attached hydrogens (tertiary/aromatic N) is 1. The zero-order valence-electron chi connectivity index (χ0n) is 12.6. The standard InChI is InChI=1S/C15H19BrNO3PS/c1-3-10-22-21(18,19-4-2)20-15(12-17)14(16)11-13-8-6-5-7-9-13/h5-9,11,15H,3-4,10H2,1-2H3/b14-11-. The minimum Gasteiger partial charge on any atom is -0.301 e. The molecule has 2 unspecified atom stereocenters. The molecule has 0 aliphatic carbocycles. The Kier molecular flexibility index (Phi) is 9.08. The first-order valence-electron chi connectivity index (χ1n) is 6.94. The van der Waals surface area contributed by atoms with Crippen LogP contribution in [-0.2, 0) is 13.6 Å². The van der Waals surface area contributed by atoms with Gasteiger partial charge in [0.1, 0.15) is 6.07 Å². The topological polar surface area (TPSA) is 59.3 Å². The van der Waals surface area contributed by atoms with Crippen molar-refractivity contribution in [2.45, 2.75) is 26.4 Å². The summed E-state index contributed by atoms with van der Waals surface area (Å²) >= 11 is 4.47. The van der Waals surface area contributed by atoms with E-state index >= 15 is 0 Å². The van der Waals surface area contributed by atoms with Gasteiger partial charge < -0.3 is 4.52 Å². The van der Waals surface area contributed by atoms with Crippen molar-refractivity contribution in [1.82, 2.24) is 0 Å². The summed E-state index contributed by atoms with van der Waals surface area (Å²) in [4.78, 5) is 0. The normalized spacial score (nSPS) is 15.8. The number of benzene rings is 1. The molecule has 0 saturated carbocycles. The zero-order valence-corrected chi connectivity index (χ0v) is 15.9. The van der Waals surface area contributed by atoms with Gasteiger partial charge in [0.25, 0.3) is 0 Å². The molecular weight excluding hydrogens is 385 g/mol. The predicted molar refractivity (Wildman–Crippen MR) is 95.8 cm³/mol. The Morgan fingerprint density at radius 3 is 2.68 bits per heavy atom. The second kappa shape index (κ2) is 10.3. The van der Waals surface area contributed by atoms with Crippen LogP contribution in [0.25, 0.3) is 6.08 Å². The molecule has 0 radical (unpaired) electrons. The monoisotopic (exact) mass is 403 g/mol. The van der Waals surface area contributed by atoms with Crippen LogP contribution in [0.15, 0.2) is 34.8 Å². The molecular formula is C15H19BrNO3PS.